The van der Waals surface area contributed by atoms with Gasteiger partial charge >= 0.3 is 6.18 Å². The molecule has 2 saturated heterocycles. The standard InChI is InChI=1S/C22H23F5N4O2S/c1-34(33)9-5-14(6-10-34)21(32)31-8-7-30(19-12-28-18(11-29-19)22(25,26)27)13-17(31)15-3-2-4-16(23)20(15)24/h2-4,11-12,14,17H,1,5-10,13H2. The van der Waals surface area contributed by atoms with Gasteiger partial charge in [0, 0.05) is 42.6 Å². The van der Waals surface area contributed by atoms with E-state index in [0.29, 0.717) is 30.5 Å². The summed E-state index contributed by atoms with van der Waals surface area (Å²) in [6.07, 6.45) is -2.26. The van der Waals surface area contributed by atoms with Crippen LogP contribution in [0.3, 0.4) is 0 Å². The number of hydrogen-bond donors (Lipinski definition) is 0. The van der Waals surface area contributed by atoms with Crippen molar-refractivity contribution < 1.29 is 31.0 Å². The second-order valence-electron chi connectivity index (χ2n) is 8.54. The van der Waals surface area contributed by atoms with E-state index in [0.717, 1.165) is 12.3 Å². The Hall–Kier alpha value is -2.76. The molecule has 6 nitrogen and oxygen atoms in total. The van der Waals surface area contributed by atoms with Gasteiger partial charge in [0.25, 0.3) is 0 Å². The predicted octanol–water partition coefficient (Wildman–Crippen LogP) is 3.29. The van der Waals surface area contributed by atoms with Crippen LogP contribution in [-0.4, -0.2) is 62.0 Å². The molecule has 1 aromatic heterocycles. The van der Waals surface area contributed by atoms with Crippen LogP contribution in [0.25, 0.3) is 0 Å². The molecule has 0 radical (unpaired) electrons. The number of halogens is 5. The molecule has 2 aliphatic heterocycles. The van der Waals surface area contributed by atoms with Crippen LogP contribution >= 0.6 is 0 Å². The molecule has 0 spiro atoms. The van der Waals surface area contributed by atoms with Crippen molar-refractivity contribution in [2.75, 3.05) is 36.0 Å². The molecule has 3 heterocycles. The largest absolute Gasteiger partial charge is 0.434 e. The van der Waals surface area contributed by atoms with Crippen LogP contribution in [0.1, 0.15) is 30.1 Å². The Labute approximate surface area is 193 Å². The number of aromatic nitrogens is 2. The Kier molecular flexibility index (Phi) is 6.54. The SMILES string of the molecule is C=S1(=O)CCC(C(=O)N2CCN(c3cnc(C(F)(F)F)cn3)CC2c2cccc(F)c2F)CC1. The number of piperazine rings is 1. The molecule has 0 saturated carbocycles. The number of carbonyl (C=O) groups excluding carboxylic acids is 1. The summed E-state index contributed by atoms with van der Waals surface area (Å²) in [5, 5.41) is 0. The van der Waals surface area contributed by atoms with Gasteiger partial charge in [-0.3, -0.25) is 9.00 Å². The maximum absolute atomic E-state index is 14.7. The Balaban J connectivity index is 1.62. The summed E-state index contributed by atoms with van der Waals surface area (Å²) in [5.41, 5.74) is -1.17. The number of alkyl halides is 3. The summed E-state index contributed by atoms with van der Waals surface area (Å²) in [7, 11) is -2.20. The zero-order chi connectivity index (χ0) is 24.7. The lowest BCUT2D eigenvalue weighted by Crippen LogP contribution is -2.53. The highest BCUT2D eigenvalue weighted by Gasteiger charge is 2.39. The maximum Gasteiger partial charge on any atom is 0.434 e. The number of benzene rings is 1. The average Bonchev–Trinajstić information content (AvgIpc) is 2.79. The molecule has 12 heteroatoms. The van der Waals surface area contributed by atoms with Crippen LogP contribution < -0.4 is 4.90 Å². The fourth-order valence-electron chi connectivity index (χ4n) is 4.37. The van der Waals surface area contributed by atoms with Crippen molar-refractivity contribution in [2.24, 2.45) is 5.92 Å². The first-order valence-electron chi connectivity index (χ1n) is 10.7. The van der Waals surface area contributed by atoms with Gasteiger partial charge in [-0.25, -0.2) is 18.7 Å². The van der Waals surface area contributed by atoms with Crippen molar-refractivity contribution in [3.63, 3.8) is 0 Å². The first-order chi connectivity index (χ1) is 16.0. The van der Waals surface area contributed by atoms with E-state index in [1.807, 2.05) is 0 Å². The molecule has 0 bridgehead atoms. The minimum absolute atomic E-state index is 0.00897. The molecular formula is C22H23F5N4O2S. The van der Waals surface area contributed by atoms with E-state index in [-0.39, 0.29) is 36.9 Å². The average molecular weight is 503 g/mol. The van der Waals surface area contributed by atoms with Crippen LogP contribution in [0, 0.1) is 17.6 Å². The second-order valence-corrected chi connectivity index (χ2v) is 11.3. The first kappa shape index (κ1) is 24.4. The molecule has 1 aromatic carbocycles. The molecule has 34 heavy (non-hydrogen) atoms. The molecular weight excluding hydrogens is 479 g/mol. The highest BCUT2D eigenvalue weighted by molar-refractivity contribution is 8.00. The Morgan fingerprint density at radius 1 is 1.09 bits per heavy atom. The van der Waals surface area contributed by atoms with Gasteiger partial charge in [0.1, 0.15) is 5.82 Å². The molecule has 1 unspecified atom stereocenters. The number of nitrogens with zero attached hydrogens (tertiary/aromatic N) is 4. The fourth-order valence-corrected chi connectivity index (χ4v) is 6.00. The minimum atomic E-state index is -4.64. The van der Waals surface area contributed by atoms with Crippen molar-refractivity contribution in [2.45, 2.75) is 25.1 Å². The molecule has 2 aliphatic rings. The summed E-state index contributed by atoms with van der Waals surface area (Å²) in [4.78, 5) is 23.7. The van der Waals surface area contributed by atoms with Gasteiger partial charge in [-0.2, -0.15) is 13.2 Å². The van der Waals surface area contributed by atoms with E-state index >= 15 is 0 Å². The van der Waals surface area contributed by atoms with Gasteiger partial charge in [-0.15, -0.1) is 0 Å². The van der Waals surface area contributed by atoms with Gasteiger partial charge in [0.05, 0.1) is 18.4 Å². The maximum atomic E-state index is 14.7. The third kappa shape index (κ3) is 5.01. The summed E-state index contributed by atoms with van der Waals surface area (Å²) < 4.78 is 79.5. The molecule has 184 valence electrons. The number of anilines is 1. The Morgan fingerprint density at radius 3 is 2.41 bits per heavy atom. The van der Waals surface area contributed by atoms with E-state index in [4.69, 9.17) is 0 Å². The molecule has 2 aromatic rings. The zero-order valence-corrected chi connectivity index (χ0v) is 18.9. The number of rotatable bonds is 3. The van der Waals surface area contributed by atoms with Crippen LogP contribution in [0.15, 0.2) is 30.6 Å². The van der Waals surface area contributed by atoms with Crippen LogP contribution in [0.2, 0.25) is 0 Å². The molecule has 0 N–H and O–H groups in total. The van der Waals surface area contributed by atoms with E-state index in [1.54, 1.807) is 4.90 Å². The zero-order valence-electron chi connectivity index (χ0n) is 18.1. The van der Waals surface area contributed by atoms with E-state index < -0.39 is 45.0 Å². The van der Waals surface area contributed by atoms with Crippen molar-refractivity contribution in [3.05, 3.63) is 53.5 Å². The smallest absolute Gasteiger partial charge is 0.351 e. The number of amides is 1. The normalized spacial score (nSPS) is 25.9. The second kappa shape index (κ2) is 9.12. The molecule has 4 rings (SSSR count). The lowest BCUT2D eigenvalue weighted by atomic mass is 9.96. The number of hydrogen-bond acceptors (Lipinski definition) is 5. The van der Waals surface area contributed by atoms with Gasteiger partial charge in [-0.05, 0) is 34.3 Å². The fraction of sp³-hybridized carbons (Fsp3) is 0.455. The van der Waals surface area contributed by atoms with Crippen LogP contribution in [-0.2, 0) is 20.5 Å². The van der Waals surface area contributed by atoms with Crippen LogP contribution in [0.4, 0.5) is 27.8 Å². The summed E-state index contributed by atoms with van der Waals surface area (Å²) in [6.45, 7) is 0.335. The van der Waals surface area contributed by atoms with Crippen LogP contribution in [0.5, 0.6) is 0 Å². The summed E-state index contributed by atoms with van der Waals surface area (Å²) >= 11 is 0. The third-order valence-electron chi connectivity index (χ3n) is 6.28. The lowest BCUT2D eigenvalue weighted by Gasteiger charge is -2.44. The monoisotopic (exact) mass is 502 g/mol. The first-order valence-corrected chi connectivity index (χ1v) is 12.7. The summed E-state index contributed by atoms with van der Waals surface area (Å²) in [5.74, 6) is 1.68. The number of carbonyl (C=O) groups is 1. The predicted molar refractivity (Wildman–Crippen MR) is 118 cm³/mol. The topological polar surface area (TPSA) is 66.4 Å². The Morgan fingerprint density at radius 2 is 1.79 bits per heavy atom. The Bertz CT molecular complexity index is 1160. The molecule has 0 aliphatic carbocycles. The highest BCUT2D eigenvalue weighted by Crippen LogP contribution is 2.34. The van der Waals surface area contributed by atoms with Crippen molar-refractivity contribution in [1.29, 1.82) is 0 Å². The van der Waals surface area contributed by atoms with Crippen molar-refractivity contribution in [3.8, 4) is 0 Å². The quantitative estimate of drug-likeness (QED) is 0.476. The molecule has 2 fully saturated rings. The third-order valence-corrected chi connectivity index (χ3v) is 8.24. The van der Waals surface area contributed by atoms with E-state index in [1.165, 1.54) is 17.0 Å². The summed E-state index contributed by atoms with van der Waals surface area (Å²) in [6, 6.07) is 2.80. The highest BCUT2D eigenvalue weighted by atomic mass is 32.2. The minimum Gasteiger partial charge on any atom is -0.351 e. The van der Waals surface area contributed by atoms with Gasteiger partial charge in [0.15, 0.2) is 17.3 Å². The lowest BCUT2D eigenvalue weighted by molar-refractivity contribution is -0.141. The van der Waals surface area contributed by atoms with E-state index in [9.17, 15) is 31.0 Å². The molecule has 1 amide bonds. The van der Waals surface area contributed by atoms with Gasteiger partial charge in [0.2, 0.25) is 5.91 Å². The van der Waals surface area contributed by atoms with Crippen molar-refractivity contribution >= 4 is 27.1 Å². The molecule has 1 atom stereocenters. The van der Waals surface area contributed by atoms with Gasteiger partial charge in [-0.1, -0.05) is 12.1 Å². The van der Waals surface area contributed by atoms with Gasteiger partial charge < -0.3 is 9.80 Å². The van der Waals surface area contributed by atoms with E-state index in [2.05, 4.69) is 15.8 Å². The van der Waals surface area contributed by atoms with Crippen molar-refractivity contribution in [1.82, 2.24) is 14.9 Å².